The highest BCUT2D eigenvalue weighted by molar-refractivity contribution is 7.92. The van der Waals surface area contributed by atoms with Crippen LogP contribution >= 0.6 is 0 Å². The summed E-state index contributed by atoms with van der Waals surface area (Å²) >= 11 is 0. The molecule has 0 aliphatic heterocycles. The summed E-state index contributed by atoms with van der Waals surface area (Å²) in [6, 6.07) is 11.5. The lowest BCUT2D eigenvalue weighted by molar-refractivity contribution is 0.0948. The molecule has 6 nitrogen and oxygen atoms in total. The van der Waals surface area contributed by atoms with Gasteiger partial charge in [-0.05, 0) is 50.1 Å². The molecule has 0 spiro atoms. The molecule has 0 fully saturated rings. The predicted molar refractivity (Wildman–Crippen MR) is 102 cm³/mol. The number of carbonyl (C=O) groups excluding carboxylic acids is 1. The van der Waals surface area contributed by atoms with Crippen LogP contribution in [0.1, 0.15) is 27.9 Å². The summed E-state index contributed by atoms with van der Waals surface area (Å²) in [4.78, 5) is 12.4. The summed E-state index contributed by atoms with van der Waals surface area (Å²) < 4.78 is 32.6. The van der Waals surface area contributed by atoms with Crippen molar-refractivity contribution in [2.45, 2.75) is 25.2 Å². The minimum atomic E-state index is -3.72. The van der Waals surface area contributed by atoms with Crippen LogP contribution in [0, 0.1) is 13.8 Å². The highest BCUT2D eigenvalue weighted by Crippen LogP contribution is 2.21. The van der Waals surface area contributed by atoms with E-state index >= 15 is 0 Å². The lowest BCUT2D eigenvalue weighted by atomic mass is 10.1. The molecule has 0 aromatic heterocycles. The molecule has 0 aliphatic rings. The number of hydrogen-bond acceptors (Lipinski definition) is 4. The highest BCUT2D eigenvalue weighted by atomic mass is 32.2. The van der Waals surface area contributed by atoms with E-state index in [0.29, 0.717) is 30.8 Å². The molecule has 1 amide bonds. The van der Waals surface area contributed by atoms with Gasteiger partial charge in [-0.1, -0.05) is 23.8 Å². The molecule has 0 aliphatic carbocycles. The van der Waals surface area contributed by atoms with E-state index in [-0.39, 0.29) is 10.8 Å². The summed E-state index contributed by atoms with van der Waals surface area (Å²) in [6.45, 7) is 4.73. The Hall–Kier alpha value is -2.38. The normalized spacial score (nSPS) is 11.2. The standard InChI is InChI=1S/C19H24N2O4S/c1-14-5-9-17(10-6-14)26(23,24)21-18-13-16(8-7-15(18)2)19(22)20-11-4-12-25-3/h5-10,13,21H,4,11-12H2,1-3H3,(H,20,22). The van der Waals surface area contributed by atoms with Crippen LogP contribution < -0.4 is 10.0 Å². The van der Waals surface area contributed by atoms with Gasteiger partial charge >= 0.3 is 0 Å². The van der Waals surface area contributed by atoms with E-state index in [1.807, 2.05) is 6.92 Å². The third kappa shape index (κ3) is 5.31. The molecule has 0 saturated carbocycles. The second-order valence-corrected chi connectivity index (χ2v) is 7.73. The zero-order valence-electron chi connectivity index (χ0n) is 15.2. The molecule has 0 heterocycles. The molecule has 26 heavy (non-hydrogen) atoms. The molecule has 0 bridgehead atoms. The van der Waals surface area contributed by atoms with Gasteiger partial charge < -0.3 is 10.1 Å². The number of sulfonamides is 1. The fourth-order valence-electron chi connectivity index (χ4n) is 2.31. The molecule has 0 saturated heterocycles. The van der Waals surface area contributed by atoms with E-state index in [1.165, 1.54) is 0 Å². The molecule has 140 valence electrons. The van der Waals surface area contributed by atoms with Gasteiger partial charge in [-0.15, -0.1) is 0 Å². The Bertz CT molecular complexity index is 862. The van der Waals surface area contributed by atoms with Crippen LogP contribution in [-0.2, 0) is 14.8 Å². The van der Waals surface area contributed by atoms with Crippen LogP contribution in [-0.4, -0.2) is 34.6 Å². The molecule has 0 radical (unpaired) electrons. The second-order valence-electron chi connectivity index (χ2n) is 6.05. The second kappa shape index (κ2) is 8.82. The maximum Gasteiger partial charge on any atom is 0.261 e. The number of aryl methyl sites for hydroxylation is 2. The van der Waals surface area contributed by atoms with Gasteiger partial charge in [0.15, 0.2) is 0 Å². The van der Waals surface area contributed by atoms with Gasteiger partial charge in [0, 0.05) is 25.8 Å². The first-order chi connectivity index (χ1) is 12.3. The van der Waals surface area contributed by atoms with Gasteiger partial charge in [-0.25, -0.2) is 8.42 Å². The van der Waals surface area contributed by atoms with Crippen LogP contribution in [0.2, 0.25) is 0 Å². The van der Waals surface area contributed by atoms with Gasteiger partial charge in [0.05, 0.1) is 10.6 Å². The van der Waals surface area contributed by atoms with E-state index < -0.39 is 10.0 Å². The monoisotopic (exact) mass is 376 g/mol. The van der Waals surface area contributed by atoms with E-state index in [1.54, 1.807) is 56.5 Å². The number of amides is 1. The van der Waals surface area contributed by atoms with Gasteiger partial charge in [0.25, 0.3) is 15.9 Å². The molecule has 2 aromatic rings. The molecule has 7 heteroatoms. The number of methoxy groups -OCH3 is 1. The van der Waals surface area contributed by atoms with Crippen molar-refractivity contribution in [2.75, 3.05) is 25.0 Å². The summed E-state index contributed by atoms with van der Waals surface area (Å²) in [6.07, 6.45) is 0.709. The summed E-state index contributed by atoms with van der Waals surface area (Å²) in [5.74, 6) is -0.253. The number of ether oxygens (including phenoxy) is 1. The minimum absolute atomic E-state index is 0.178. The largest absolute Gasteiger partial charge is 0.385 e. The van der Waals surface area contributed by atoms with Gasteiger partial charge in [-0.2, -0.15) is 0 Å². The summed E-state index contributed by atoms with van der Waals surface area (Å²) in [7, 11) is -2.11. The molecular weight excluding hydrogens is 352 g/mol. The lowest BCUT2D eigenvalue weighted by Crippen LogP contribution is -2.25. The fraction of sp³-hybridized carbons (Fsp3) is 0.316. The Morgan fingerprint density at radius 2 is 1.77 bits per heavy atom. The van der Waals surface area contributed by atoms with Crippen LogP contribution in [0.5, 0.6) is 0 Å². The van der Waals surface area contributed by atoms with Crippen molar-refractivity contribution in [1.82, 2.24) is 5.32 Å². The van der Waals surface area contributed by atoms with Crippen molar-refractivity contribution >= 4 is 21.6 Å². The molecule has 2 aromatic carbocycles. The van der Waals surface area contributed by atoms with Crippen molar-refractivity contribution in [3.8, 4) is 0 Å². The summed E-state index contributed by atoms with van der Waals surface area (Å²) in [5.41, 5.74) is 2.49. The minimum Gasteiger partial charge on any atom is -0.385 e. The predicted octanol–water partition coefficient (Wildman–Crippen LogP) is 2.87. The van der Waals surface area contributed by atoms with Gasteiger partial charge in [0.1, 0.15) is 0 Å². The maximum atomic E-state index is 12.6. The van der Waals surface area contributed by atoms with E-state index in [4.69, 9.17) is 4.74 Å². The molecule has 0 unspecified atom stereocenters. The third-order valence-electron chi connectivity index (χ3n) is 3.89. The van der Waals surface area contributed by atoms with Crippen molar-refractivity contribution in [3.63, 3.8) is 0 Å². The van der Waals surface area contributed by atoms with Crippen molar-refractivity contribution < 1.29 is 17.9 Å². The molecule has 0 atom stereocenters. The Morgan fingerprint density at radius 3 is 2.42 bits per heavy atom. The number of anilines is 1. The topological polar surface area (TPSA) is 84.5 Å². The van der Waals surface area contributed by atoms with Crippen molar-refractivity contribution in [1.29, 1.82) is 0 Å². The molecule has 2 N–H and O–H groups in total. The van der Waals surface area contributed by atoms with Gasteiger partial charge in [0.2, 0.25) is 0 Å². The maximum absolute atomic E-state index is 12.6. The average Bonchev–Trinajstić information content (AvgIpc) is 2.60. The first-order valence-corrected chi connectivity index (χ1v) is 9.79. The number of hydrogen-bond donors (Lipinski definition) is 2. The van der Waals surface area contributed by atoms with E-state index in [2.05, 4.69) is 10.0 Å². The van der Waals surface area contributed by atoms with Crippen molar-refractivity contribution in [3.05, 3.63) is 59.2 Å². The number of rotatable bonds is 8. The SMILES string of the molecule is COCCCNC(=O)c1ccc(C)c(NS(=O)(=O)c2ccc(C)cc2)c1. The number of carbonyl (C=O) groups is 1. The van der Waals surface area contributed by atoms with Gasteiger partial charge in [-0.3, -0.25) is 9.52 Å². The highest BCUT2D eigenvalue weighted by Gasteiger charge is 2.16. The Morgan fingerprint density at radius 1 is 1.08 bits per heavy atom. The first kappa shape index (κ1) is 19.9. The van der Waals surface area contributed by atoms with Crippen LogP contribution in [0.4, 0.5) is 5.69 Å². The fourth-order valence-corrected chi connectivity index (χ4v) is 3.44. The Labute approximate surface area is 154 Å². The van der Waals surface area contributed by atoms with Crippen LogP contribution in [0.15, 0.2) is 47.4 Å². The van der Waals surface area contributed by atoms with E-state index in [9.17, 15) is 13.2 Å². The number of benzene rings is 2. The van der Waals surface area contributed by atoms with Crippen LogP contribution in [0.3, 0.4) is 0 Å². The smallest absolute Gasteiger partial charge is 0.261 e. The zero-order valence-corrected chi connectivity index (χ0v) is 16.0. The summed E-state index contributed by atoms with van der Waals surface area (Å²) in [5, 5.41) is 2.79. The Kier molecular flexibility index (Phi) is 6.76. The first-order valence-electron chi connectivity index (χ1n) is 8.31. The third-order valence-corrected chi connectivity index (χ3v) is 5.27. The Balaban J connectivity index is 2.16. The quantitative estimate of drug-likeness (QED) is 0.694. The zero-order chi connectivity index (χ0) is 19.2. The van der Waals surface area contributed by atoms with Crippen molar-refractivity contribution in [2.24, 2.45) is 0 Å². The molecular formula is C19H24N2O4S. The number of nitrogens with one attached hydrogen (secondary N) is 2. The lowest BCUT2D eigenvalue weighted by Gasteiger charge is -2.13. The molecule has 2 rings (SSSR count). The van der Waals surface area contributed by atoms with Crippen LogP contribution in [0.25, 0.3) is 0 Å². The average molecular weight is 376 g/mol. The van der Waals surface area contributed by atoms with E-state index in [0.717, 1.165) is 11.1 Å².